The first-order valence-corrected chi connectivity index (χ1v) is 18.7. The Morgan fingerprint density at radius 1 is 0.955 bits per heavy atom. The van der Waals surface area contributed by atoms with E-state index in [2.05, 4.69) is 17.4 Å². The number of nitrogens with zero attached hydrogens (tertiary/aromatic N) is 2. The minimum absolute atomic E-state index is 0.105. The van der Waals surface area contributed by atoms with Crippen molar-refractivity contribution in [2.75, 3.05) is 17.1 Å². The van der Waals surface area contributed by atoms with Gasteiger partial charge >= 0.3 is 0 Å². The number of sulfonamides is 1. The van der Waals surface area contributed by atoms with Crippen LogP contribution in [0.1, 0.15) is 88.7 Å². The molecule has 5 saturated carbocycles. The molecule has 2 aromatic rings. The average molecular weight is 640 g/mol. The monoisotopic (exact) mass is 639 g/mol. The molecule has 0 saturated heterocycles. The normalized spacial score (nSPS) is 26.8. The zero-order chi connectivity index (χ0) is 31.1. The summed E-state index contributed by atoms with van der Waals surface area (Å²) >= 11 is 6.49. The minimum Gasteiger partial charge on any atom is -0.352 e. The number of hydrogen-bond donors (Lipinski definition) is 1. The van der Waals surface area contributed by atoms with Crippen LogP contribution in [0.4, 0.5) is 5.69 Å². The molecule has 4 bridgehead atoms. The quantitative estimate of drug-likeness (QED) is 0.307. The molecule has 44 heavy (non-hydrogen) atoms. The van der Waals surface area contributed by atoms with E-state index in [4.69, 9.17) is 11.6 Å². The molecule has 0 heterocycles. The molecule has 0 spiro atoms. The maximum atomic E-state index is 14.1. The maximum absolute atomic E-state index is 14.1. The van der Waals surface area contributed by atoms with Gasteiger partial charge in [0.15, 0.2) is 0 Å². The second-order valence-corrected chi connectivity index (χ2v) is 16.4. The van der Waals surface area contributed by atoms with Crippen molar-refractivity contribution < 1.29 is 18.0 Å². The second-order valence-electron chi connectivity index (χ2n) is 14.0. The van der Waals surface area contributed by atoms with Gasteiger partial charge in [-0.2, -0.15) is 0 Å². The predicted molar refractivity (Wildman–Crippen MR) is 175 cm³/mol. The van der Waals surface area contributed by atoms with E-state index in [1.807, 2.05) is 37.3 Å². The van der Waals surface area contributed by atoms with Crippen molar-refractivity contribution in [3.8, 4) is 0 Å². The fourth-order valence-electron chi connectivity index (χ4n) is 9.16. The van der Waals surface area contributed by atoms with Crippen molar-refractivity contribution in [1.82, 2.24) is 10.2 Å². The molecule has 2 aromatic carbocycles. The predicted octanol–water partition coefficient (Wildman–Crippen LogP) is 6.44. The standard InChI is InChI=1S/C35H46ClN3O4S/c1-3-32(34(41)37-29-9-5-6-10-29)38(22-27-8-4-7-11-31(27)36)33(40)23-39(44(2,42)43)30-14-12-28(13-15-30)35-19-24-16-25(20-35)18-26(17-24)21-35/h4,7-8,11-15,24-26,29,32H,3,5-6,9-10,16-23H2,1-2H3,(H,37,41)/t24?,25?,26?,32-,35?/m0/s1. The molecule has 1 atom stereocenters. The molecule has 7 rings (SSSR count). The van der Waals surface area contributed by atoms with E-state index in [-0.39, 0.29) is 23.9 Å². The van der Waals surface area contributed by atoms with Gasteiger partial charge in [0, 0.05) is 17.6 Å². The first-order valence-electron chi connectivity index (χ1n) is 16.5. The summed E-state index contributed by atoms with van der Waals surface area (Å²) in [5.74, 6) is 1.80. The zero-order valence-electron chi connectivity index (χ0n) is 26.0. The van der Waals surface area contributed by atoms with Crippen LogP contribution in [-0.2, 0) is 31.6 Å². The first-order chi connectivity index (χ1) is 21.0. The largest absolute Gasteiger partial charge is 0.352 e. The fraction of sp³-hybridized carbons (Fsp3) is 0.600. The Hall–Kier alpha value is -2.58. The van der Waals surface area contributed by atoms with Crippen molar-refractivity contribution >= 4 is 39.1 Å². The molecule has 2 amide bonds. The highest BCUT2D eigenvalue weighted by atomic mass is 35.5. The van der Waals surface area contributed by atoms with Gasteiger partial charge in [0.05, 0.1) is 11.9 Å². The van der Waals surface area contributed by atoms with Gasteiger partial charge in [-0.25, -0.2) is 8.42 Å². The van der Waals surface area contributed by atoms with E-state index in [1.165, 1.54) is 53.3 Å². The number of carbonyl (C=O) groups excluding carboxylic acids is 2. The van der Waals surface area contributed by atoms with Crippen LogP contribution in [0.2, 0.25) is 5.02 Å². The Morgan fingerprint density at radius 2 is 1.55 bits per heavy atom. The summed E-state index contributed by atoms with van der Waals surface area (Å²) in [6, 6.07) is 14.5. The van der Waals surface area contributed by atoms with Gasteiger partial charge in [-0.3, -0.25) is 13.9 Å². The Bertz CT molecular complexity index is 1440. The van der Waals surface area contributed by atoms with E-state index >= 15 is 0 Å². The summed E-state index contributed by atoms with van der Waals surface area (Å²) in [6.07, 6.45) is 13.3. The molecule has 9 heteroatoms. The molecular weight excluding hydrogens is 594 g/mol. The smallest absolute Gasteiger partial charge is 0.244 e. The van der Waals surface area contributed by atoms with Crippen molar-refractivity contribution in [3.05, 3.63) is 64.7 Å². The summed E-state index contributed by atoms with van der Waals surface area (Å²) in [7, 11) is -3.80. The number of rotatable bonds is 11. The summed E-state index contributed by atoms with van der Waals surface area (Å²) in [5, 5.41) is 3.64. The van der Waals surface area contributed by atoms with Crippen molar-refractivity contribution in [3.63, 3.8) is 0 Å². The lowest BCUT2D eigenvalue weighted by atomic mass is 9.48. The van der Waals surface area contributed by atoms with Crippen LogP contribution in [-0.4, -0.2) is 50.0 Å². The molecule has 0 aromatic heterocycles. The van der Waals surface area contributed by atoms with Crippen LogP contribution in [0.25, 0.3) is 0 Å². The lowest BCUT2D eigenvalue weighted by molar-refractivity contribution is -0.140. The van der Waals surface area contributed by atoms with Gasteiger partial charge in [0.25, 0.3) is 0 Å². The zero-order valence-corrected chi connectivity index (χ0v) is 27.6. The summed E-state index contributed by atoms with van der Waals surface area (Å²) in [4.78, 5) is 29.2. The maximum Gasteiger partial charge on any atom is 0.244 e. The first kappa shape index (κ1) is 31.4. The third-order valence-electron chi connectivity index (χ3n) is 10.9. The molecule has 0 aliphatic heterocycles. The number of halogens is 1. The topological polar surface area (TPSA) is 86.8 Å². The van der Waals surface area contributed by atoms with Gasteiger partial charge in [-0.1, -0.05) is 61.7 Å². The number of hydrogen-bond acceptors (Lipinski definition) is 4. The fourth-order valence-corrected chi connectivity index (χ4v) is 10.2. The minimum atomic E-state index is -3.80. The van der Waals surface area contributed by atoms with E-state index in [9.17, 15) is 18.0 Å². The van der Waals surface area contributed by atoms with E-state index in [0.717, 1.165) is 49.7 Å². The highest BCUT2D eigenvalue weighted by Crippen LogP contribution is 2.60. The van der Waals surface area contributed by atoms with Crippen molar-refractivity contribution in [2.45, 2.75) is 102 Å². The lowest BCUT2D eigenvalue weighted by Crippen LogP contribution is -2.53. The van der Waals surface area contributed by atoms with Gasteiger partial charge in [-0.05, 0) is 110 Å². The number of nitrogens with one attached hydrogen (secondary N) is 1. The van der Waals surface area contributed by atoms with Gasteiger partial charge in [0.2, 0.25) is 21.8 Å². The van der Waals surface area contributed by atoms with Gasteiger partial charge in [-0.15, -0.1) is 0 Å². The summed E-state index contributed by atoms with van der Waals surface area (Å²) in [6.45, 7) is 1.59. The number of benzene rings is 2. The molecule has 5 aliphatic rings. The van der Waals surface area contributed by atoms with Crippen LogP contribution >= 0.6 is 11.6 Å². The van der Waals surface area contributed by atoms with Crippen LogP contribution < -0.4 is 9.62 Å². The van der Waals surface area contributed by atoms with Crippen molar-refractivity contribution in [2.24, 2.45) is 17.8 Å². The summed E-state index contributed by atoms with van der Waals surface area (Å²) in [5.41, 5.74) is 2.68. The number of anilines is 1. The van der Waals surface area contributed by atoms with E-state index in [1.54, 1.807) is 6.07 Å². The third kappa shape index (κ3) is 6.53. The number of amides is 2. The van der Waals surface area contributed by atoms with Crippen LogP contribution in [0.15, 0.2) is 48.5 Å². The molecule has 5 aliphatic carbocycles. The molecular formula is C35H46ClN3O4S. The van der Waals surface area contributed by atoms with Gasteiger partial charge in [0.1, 0.15) is 12.6 Å². The van der Waals surface area contributed by atoms with Crippen LogP contribution in [0.5, 0.6) is 0 Å². The van der Waals surface area contributed by atoms with Gasteiger partial charge < -0.3 is 10.2 Å². The molecule has 1 N–H and O–H groups in total. The highest BCUT2D eigenvalue weighted by Gasteiger charge is 2.51. The molecule has 0 radical (unpaired) electrons. The highest BCUT2D eigenvalue weighted by molar-refractivity contribution is 7.92. The summed E-state index contributed by atoms with van der Waals surface area (Å²) < 4.78 is 27.5. The average Bonchev–Trinajstić information content (AvgIpc) is 3.48. The van der Waals surface area contributed by atoms with Crippen molar-refractivity contribution in [1.29, 1.82) is 0 Å². The van der Waals surface area contributed by atoms with Crippen LogP contribution in [0.3, 0.4) is 0 Å². The third-order valence-corrected chi connectivity index (χ3v) is 12.4. The Kier molecular flexibility index (Phi) is 9.04. The Labute approximate surface area is 267 Å². The van der Waals surface area contributed by atoms with Crippen LogP contribution in [0, 0.1) is 17.8 Å². The SMILES string of the molecule is CC[C@@H](C(=O)NC1CCCC1)N(Cc1ccccc1Cl)C(=O)CN(c1ccc(C23CC4CC(CC(C4)C2)C3)cc1)S(C)(=O)=O. The number of carbonyl (C=O) groups is 2. The molecule has 0 unspecified atom stereocenters. The Morgan fingerprint density at radius 3 is 2.09 bits per heavy atom. The molecule has 5 fully saturated rings. The Balaban J connectivity index is 1.25. The molecule has 238 valence electrons. The second kappa shape index (κ2) is 12.7. The molecule has 7 nitrogen and oxygen atoms in total. The lowest BCUT2D eigenvalue weighted by Gasteiger charge is -2.57. The van der Waals surface area contributed by atoms with E-state index in [0.29, 0.717) is 22.7 Å². The van der Waals surface area contributed by atoms with E-state index < -0.39 is 28.5 Å².